The number of benzene rings is 1. The second kappa shape index (κ2) is 14.1. The summed E-state index contributed by atoms with van der Waals surface area (Å²) in [6.45, 7) is 7.50. The number of anilines is 3. The summed E-state index contributed by atoms with van der Waals surface area (Å²) >= 11 is 7.36. The van der Waals surface area contributed by atoms with Gasteiger partial charge in [0.1, 0.15) is 12.9 Å². The molecule has 15 heteroatoms. The number of nitrogens with one attached hydrogen (secondary N) is 1. The number of carbonyl (C=O) groups excluding carboxylic acids is 1. The van der Waals surface area contributed by atoms with Gasteiger partial charge >= 0.3 is 12.1 Å². The van der Waals surface area contributed by atoms with Gasteiger partial charge < -0.3 is 19.7 Å². The van der Waals surface area contributed by atoms with Crippen LogP contribution in [0.25, 0.3) is 11.3 Å². The van der Waals surface area contributed by atoms with Crippen molar-refractivity contribution in [3.8, 4) is 11.3 Å². The van der Waals surface area contributed by atoms with Crippen LogP contribution >= 0.6 is 22.9 Å². The molecule has 2 aromatic heterocycles. The Hall–Kier alpha value is -3.07. The molecule has 1 N–H and O–H groups in total. The van der Waals surface area contributed by atoms with Crippen molar-refractivity contribution in [3.05, 3.63) is 45.8 Å². The van der Waals surface area contributed by atoms with Crippen molar-refractivity contribution in [2.24, 2.45) is 0 Å². The molecule has 0 amide bonds. The summed E-state index contributed by atoms with van der Waals surface area (Å²) in [6.07, 6.45) is -0.337. The molecule has 0 saturated carbocycles. The molecule has 1 aromatic carbocycles. The molecule has 0 radical (unpaired) electrons. The highest BCUT2D eigenvalue weighted by atomic mass is 35.5. The number of rotatable bonds is 10. The van der Waals surface area contributed by atoms with E-state index in [-0.39, 0.29) is 58.8 Å². The number of alkyl halides is 3. The number of nitrogens with zero attached hydrogens (tertiary/aromatic N) is 5. The number of carbonyl (C=O) groups is 1. The van der Waals surface area contributed by atoms with Crippen LogP contribution in [0.5, 0.6) is 0 Å². The Balaban J connectivity index is 1.38. The van der Waals surface area contributed by atoms with Gasteiger partial charge in [0, 0.05) is 47.2 Å². The van der Waals surface area contributed by atoms with E-state index in [1.54, 1.807) is 11.8 Å². The van der Waals surface area contributed by atoms with E-state index in [2.05, 4.69) is 39.0 Å². The van der Waals surface area contributed by atoms with E-state index >= 15 is 4.39 Å². The van der Waals surface area contributed by atoms with E-state index in [0.717, 1.165) is 29.9 Å². The Morgan fingerprint density at radius 1 is 1.11 bits per heavy atom. The van der Waals surface area contributed by atoms with Crippen LogP contribution in [-0.4, -0.2) is 70.3 Å². The summed E-state index contributed by atoms with van der Waals surface area (Å²) in [6, 6.07) is 3.96. The van der Waals surface area contributed by atoms with Gasteiger partial charge in [0.15, 0.2) is 16.8 Å². The summed E-state index contributed by atoms with van der Waals surface area (Å²) in [5, 5.41) is 3.17. The first kappa shape index (κ1) is 33.3. The maximum atomic E-state index is 15.8. The molecule has 2 aliphatic heterocycles. The van der Waals surface area contributed by atoms with Crippen molar-refractivity contribution in [2.75, 3.05) is 36.5 Å². The topological polar surface area (TPSA) is 92.7 Å². The van der Waals surface area contributed by atoms with Crippen LogP contribution in [0, 0.1) is 5.82 Å². The Kier molecular flexibility index (Phi) is 10.5. The maximum Gasteiger partial charge on any atom is 0.416 e. The normalized spacial score (nSPS) is 19.7. The van der Waals surface area contributed by atoms with Gasteiger partial charge in [-0.1, -0.05) is 22.9 Å². The zero-order valence-corrected chi connectivity index (χ0v) is 26.7. The molecule has 2 aliphatic rings. The van der Waals surface area contributed by atoms with Gasteiger partial charge in [-0.15, -0.1) is 0 Å². The number of ether oxygens (including phenoxy) is 2. The summed E-state index contributed by atoms with van der Waals surface area (Å²) in [7, 11) is 0. The van der Waals surface area contributed by atoms with Crippen molar-refractivity contribution < 1.29 is 31.8 Å². The Morgan fingerprint density at radius 3 is 2.49 bits per heavy atom. The van der Waals surface area contributed by atoms with Gasteiger partial charge in [0.05, 0.1) is 24.0 Å². The van der Waals surface area contributed by atoms with Gasteiger partial charge in [0.2, 0.25) is 5.82 Å². The Morgan fingerprint density at radius 2 is 1.82 bits per heavy atom. The molecule has 5 rings (SSSR count). The third kappa shape index (κ3) is 8.02. The van der Waals surface area contributed by atoms with Crippen molar-refractivity contribution in [3.63, 3.8) is 0 Å². The molecular weight excluding hydrogens is 636 g/mol. The molecule has 0 unspecified atom stereocenters. The molecule has 4 heterocycles. The molecule has 45 heavy (non-hydrogen) atoms. The molecule has 9 nitrogen and oxygen atoms in total. The minimum absolute atomic E-state index is 0.0576. The van der Waals surface area contributed by atoms with E-state index < -0.39 is 23.5 Å². The summed E-state index contributed by atoms with van der Waals surface area (Å²) < 4.78 is 67.3. The van der Waals surface area contributed by atoms with Gasteiger partial charge in [0.25, 0.3) is 0 Å². The Bertz CT molecular complexity index is 1490. The molecule has 0 aliphatic carbocycles. The van der Waals surface area contributed by atoms with Crippen LogP contribution in [0.1, 0.15) is 56.9 Å². The second-order valence-corrected chi connectivity index (χ2v) is 12.8. The monoisotopic (exact) mass is 670 g/mol. The lowest BCUT2D eigenvalue weighted by molar-refractivity contribution is -0.151. The van der Waals surface area contributed by atoms with Gasteiger partial charge in [-0.3, -0.25) is 4.90 Å². The van der Waals surface area contributed by atoms with Crippen LogP contribution in [0.15, 0.2) is 24.5 Å². The standard InChI is InChI=1S/C30H35ClF4N6O3S/c1-4-43-24(42)15-44-22-7-9-40(10-8-22)28-25(32)27(36-16-37-28)39-29-38-26(19-11-20(30(33,34)35)13-21(31)12-19)23(45-29)14-41-17(2)5-6-18(41)3/h11-13,16-18,22H,4-10,14-15H2,1-3H3,(H,36,37,38,39)/t17-,18-/m1/s1. The molecule has 3 aromatic rings. The minimum atomic E-state index is -4.59. The molecular formula is C30H35ClF4N6O3S. The zero-order chi connectivity index (χ0) is 32.3. The molecule has 244 valence electrons. The first-order chi connectivity index (χ1) is 21.4. The lowest BCUT2D eigenvalue weighted by Crippen LogP contribution is -2.38. The van der Waals surface area contributed by atoms with Gasteiger partial charge in [-0.05, 0) is 64.7 Å². The number of likely N-dealkylation sites (tertiary alicyclic amines) is 1. The van der Waals surface area contributed by atoms with Crippen molar-refractivity contribution in [1.82, 2.24) is 19.9 Å². The number of hydrogen-bond acceptors (Lipinski definition) is 10. The highest BCUT2D eigenvalue weighted by molar-refractivity contribution is 7.16. The van der Waals surface area contributed by atoms with Crippen molar-refractivity contribution >= 4 is 45.7 Å². The van der Waals surface area contributed by atoms with Crippen LogP contribution < -0.4 is 10.2 Å². The SMILES string of the molecule is CCOC(=O)COC1CCN(c2ncnc(Nc3nc(-c4cc(Cl)cc(C(F)(F)F)c4)c(CN4[C@H](C)CC[C@H]4C)s3)c2F)CC1. The van der Waals surface area contributed by atoms with Crippen LogP contribution in [0.3, 0.4) is 0 Å². The first-order valence-corrected chi connectivity index (χ1v) is 16.1. The van der Waals surface area contributed by atoms with E-state index in [1.807, 2.05) is 0 Å². The number of esters is 1. The molecule has 0 bridgehead atoms. The quantitative estimate of drug-likeness (QED) is 0.180. The molecule has 0 spiro atoms. The second-order valence-electron chi connectivity index (χ2n) is 11.3. The highest BCUT2D eigenvalue weighted by Crippen LogP contribution is 2.40. The first-order valence-electron chi connectivity index (χ1n) is 14.9. The molecule has 2 saturated heterocycles. The number of piperidine rings is 1. The Labute approximate surface area is 267 Å². The number of halogens is 5. The fraction of sp³-hybridized carbons (Fsp3) is 0.533. The van der Waals surface area contributed by atoms with Crippen LogP contribution in [0.4, 0.5) is 34.3 Å². The highest BCUT2D eigenvalue weighted by Gasteiger charge is 2.33. The van der Waals surface area contributed by atoms with Crippen molar-refractivity contribution in [2.45, 2.75) is 77.4 Å². The predicted octanol–water partition coefficient (Wildman–Crippen LogP) is 7.08. The largest absolute Gasteiger partial charge is 0.464 e. The lowest BCUT2D eigenvalue weighted by Gasteiger charge is -2.32. The summed E-state index contributed by atoms with van der Waals surface area (Å²) in [4.78, 5) is 29.3. The van der Waals surface area contributed by atoms with Gasteiger partial charge in [-0.25, -0.2) is 19.7 Å². The minimum Gasteiger partial charge on any atom is -0.464 e. The average Bonchev–Trinajstić information content (AvgIpc) is 3.54. The number of thiazole rings is 1. The van der Waals surface area contributed by atoms with Crippen LogP contribution in [0.2, 0.25) is 5.02 Å². The summed E-state index contributed by atoms with van der Waals surface area (Å²) in [5.41, 5.74) is -0.296. The molecule has 2 fully saturated rings. The molecule has 2 atom stereocenters. The fourth-order valence-electron chi connectivity index (χ4n) is 5.75. The predicted molar refractivity (Wildman–Crippen MR) is 164 cm³/mol. The number of aromatic nitrogens is 3. The average molecular weight is 671 g/mol. The smallest absolute Gasteiger partial charge is 0.416 e. The lowest BCUT2D eigenvalue weighted by atomic mass is 10.1. The van der Waals surface area contributed by atoms with E-state index in [1.165, 1.54) is 23.7 Å². The van der Waals surface area contributed by atoms with Crippen molar-refractivity contribution in [1.29, 1.82) is 0 Å². The van der Waals surface area contributed by atoms with E-state index in [0.29, 0.717) is 38.2 Å². The number of hydrogen-bond donors (Lipinski definition) is 1. The van der Waals surface area contributed by atoms with Crippen LogP contribution in [-0.2, 0) is 27.0 Å². The maximum absolute atomic E-state index is 15.8. The summed E-state index contributed by atoms with van der Waals surface area (Å²) in [5.74, 6) is -1.09. The van der Waals surface area contributed by atoms with Gasteiger partial charge in [-0.2, -0.15) is 17.6 Å². The zero-order valence-electron chi connectivity index (χ0n) is 25.2. The third-order valence-electron chi connectivity index (χ3n) is 8.14. The van der Waals surface area contributed by atoms with E-state index in [9.17, 15) is 18.0 Å². The third-order valence-corrected chi connectivity index (χ3v) is 9.31. The van der Waals surface area contributed by atoms with E-state index in [4.69, 9.17) is 21.1 Å². The fourth-order valence-corrected chi connectivity index (χ4v) is 6.97.